The minimum Gasteiger partial charge on any atom is -0.355 e. The van der Waals surface area contributed by atoms with E-state index in [0.717, 1.165) is 17.0 Å². The summed E-state index contributed by atoms with van der Waals surface area (Å²) in [6.07, 6.45) is -4.35. The predicted molar refractivity (Wildman–Crippen MR) is 105 cm³/mol. The number of halogens is 3. The van der Waals surface area contributed by atoms with E-state index < -0.39 is 17.7 Å². The zero-order valence-electron chi connectivity index (χ0n) is 15.6. The van der Waals surface area contributed by atoms with Gasteiger partial charge in [-0.1, -0.05) is 30.3 Å². The van der Waals surface area contributed by atoms with Gasteiger partial charge in [0.2, 0.25) is 11.8 Å². The van der Waals surface area contributed by atoms with E-state index in [0.29, 0.717) is 17.9 Å². The number of thioether (sulfide) groups is 1. The minimum absolute atomic E-state index is 0.0659. The molecule has 0 radical (unpaired) electrons. The SMILES string of the molecule is O=C(NCCSc1ccccc1)C1CC(=O)N(Cc2cccc(C(F)(F)F)c2)C1. The molecule has 1 saturated heterocycles. The fourth-order valence-corrected chi connectivity index (χ4v) is 3.96. The molecule has 1 heterocycles. The number of alkyl halides is 3. The molecule has 1 aliphatic heterocycles. The Labute approximate surface area is 171 Å². The Hall–Kier alpha value is -2.48. The molecule has 8 heteroatoms. The van der Waals surface area contributed by atoms with Crippen LogP contribution in [0.25, 0.3) is 0 Å². The molecule has 0 spiro atoms. The van der Waals surface area contributed by atoms with Crippen molar-refractivity contribution in [3.8, 4) is 0 Å². The van der Waals surface area contributed by atoms with Gasteiger partial charge in [0.15, 0.2) is 0 Å². The van der Waals surface area contributed by atoms with Gasteiger partial charge in [0.25, 0.3) is 0 Å². The molecule has 1 N–H and O–H groups in total. The van der Waals surface area contributed by atoms with E-state index in [4.69, 9.17) is 0 Å². The zero-order valence-corrected chi connectivity index (χ0v) is 16.4. The largest absolute Gasteiger partial charge is 0.416 e. The molecule has 0 aliphatic carbocycles. The second kappa shape index (κ2) is 9.35. The maximum absolute atomic E-state index is 12.8. The molecular formula is C21H21F3N2O2S. The Bertz CT molecular complexity index is 859. The van der Waals surface area contributed by atoms with E-state index in [1.165, 1.54) is 11.0 Å². The van der Waals surface area contributed by atoms with Crippen LogP contribution < -0.4 is 5.32 Å². The summed E-state index contributed by atoms with van der Waals surface area (Å²) in [5.74, 6) is -0.181. The fraction of sp³-hybridized carbons (Fsp3) is 0.333. The first-order chi connectivity index (χ1) is 13.8. The normalized spacial score (nSPS) is 16.9. The molecule has 0 saturated carbocycles. The van der Waals surface area contributed by atoms with Crippen molar-refractivity contribution in [2.75, 3.05) is 18.8 Å². The first-order valence-corrected chi connectivity index (χ1v) is 10.2. The number of hydrogen-bond acceptors (Lipinski definition) is 3. The lowest BCUT2D eigenvalue weighted by Gasteiger charge is -2.17. The van der Waals surface area contributed by atoms with Crippen molar-refractivity contribution in [2.24, 2.45) is 5.92 Å². The smallest absolute Gasteiger partial charge is 0.355 e. The lowest BCUT2D eigenvalue weighted by atomic mass is 10.1. The highest BCUT2D eigenvalue weighted by Crippen LogP contribution is 2.30. The van der Waals surface area contributed by atoms with Crippen LogP contribution in [0.2, 0.25) is 0 Å². The third kappa shape index (κ3) is 6.00. The first kappa shape index (κ1) is 21.2. The number of likely N-dealkylation sites (tertiary alicyclic amines) is 1. The van der Waals surface area contributed by atoms with E-state index in [9.17, 15) is 22.8 Å². The van der Waals surface area contributed by atoms with Crippen LogP contribution in [0.3, 0.4) is 0 Å². The number of benzene rings is 2. The second-order valence-corrected chi connectivity index (χ2v) is 7.99. The Kier molecular flexibility index (Phi) is 6.84. The Morgan fingerprint density at radius 1 is 1.14 bits per heavy atom. The average Bonchev–Trinajstić information content (AvgIpc) is 3.06. The van der Waals surface area contributed by atoms with Crippen molar-refractivity contribution in [3.63, 3.8) is 0 Å². The lowest BCUT2D eigenvalue weighted by Crippen LogP contribution is -2.34. The number of nitrogens with one attached hydrogen (secondary N) is 1. The highest BCUT2D eigenvalue weighted by Gasteiger charge is 2.35. The highest BCUT2D eigenvalue weighted by molar-refractivity contribution is 7.99. The van der Waals surface area contributed by atoms with E-state index in [1.54, 1.807) is 17.8 Å². The molecular weight excluding hydrogens is 401 g/mol. The number of hydrogen-bond donors (Lipinski definition) is 1. The summed E-state index contributed by atoms with van der Waals surface area (Å²) >= 11 is 1.63. The van der Waals surface area contributed by atoms with Crippen LogP contribution >= 0.6 is 11.8 Å². The van der Waals surface area contributed by atoms with Crippen molar-refractivity contribution >= 4 is 23.6 Å². The summed E-state index contributed by atoms with van der Waals surface area (Å²) in [4.78, 5) is 27.1. The van der Waals surface area contributed by atoms with Crippen molar-refractivity contribution in [2.45, 2.75) is 24.0 Å². The van der Waals surface area contributed by atoms with Crippen LogP contribution in [0.15, 0.2) is 59.5 Å². The van der Waals surface area contributed by atoms with Gasteiger partial charge < -0.3 is 10.2 Å². The number of amides is 2. The van der Waals surface area contributed by atoms with Crippen molar-refractivity contribution < 1.29 is 22.8 Å². The van der Waals surface area contributed by atoms with Gasteiger partial charge in [0.1, 0.15) is 0 Å². The van der Waals surface area contributed by atoms with Gasteiger partial charge in [0, 0.05) is 36.7 Å². The summed E-state index contributed by atoms with van der Waals surface area (Å²) in [7, 11) is 0. The monoisotopic (exact) mass is 422 g/mol. The highest BCUT2D eigenvalue weighted by atomic mass is 32.2. The molecule has 1 unspecified atom stereocenters. The van der Waals surface area contributed by atoms with Crippen molar-refractivity contribution in [1.82, 2.24) is 10.2 Å². The Balaban J connectivity index is 1.47. The first-order valence-electron chi connectivity index (χ1n) is 9.22. The van der Waals surface area contributed by atoms with Gasteiger partial charge in [-0.25, -0.2) is 0 Å². The van der Waals surface area contributed by atoms with E-state index in [2.05, 4.69) is 5.32 Å². The van der Waals surface area contributed by atoms with Gasteiger partial charge in [0.05, 0.1) is 11.5 Å². The van der Waals surface area contributed by atoms with Crippen molar-refractivity contribution in [1.29, 1.82) is 0 Å². The third-order valence-corrected chi connectivity index (χ3v) is 5.64. The number of rotatable bonds is 7. The summed E-state index contributed by atoms with van der Waals surface area (Å²) in [5.41, 5.74) is -0.347. The molecule has 2 amide bonds. The van der Waals surface area contributed by atoms with Gasteiger partial charge in [-0.15, -0.1) is 11.8 Å². The van der Waals surface area contributed by atoms with Gasteiger partial charge in [-0.2, -0.15) is 13.2 Å². The lowest BCUT2D eigenvalue weighted by molar-refractivity contribution is -0.137. The maximum atomic E-state index is 12.8. The molecule has 4 nitrogen and oxygen atoms in total. The molecule has 0 bridgehead atoms. The molecule has 1 fully saturated rings. The molecule has 29 heavy (non-hydrogen) atoms. The van der Waals surface area contributed by atoms with Gasteiger partial charge >= 0.3 is 6.18 Å². The molecule has 2 aromatic carbocycles. The molecule has 0 aromatic heterocycles. The van der Waals surface area contributed by atoms with Gasteiger partial charge in [-0.3, -0.25) is 9.59 Å². The summed E-state index contributed by atoms with van der Waals surface area (Å²) in [6.45, 7) is 0.764. The Morgan fingerprint density at radius 2 is 1.90 bits per heavy atom. The van der Waals surface area contributed by atoms with E-state index in [-0.39, 0.29) is 31.3 Å². The average molecular weight is 422 g/mol. The predicted octanol–water partition coefficient (Wildman–Crippen LogP) is 3.96. The number of carbonyl (C=O) groups excluding carboxylic acids is 2. The quantitative estimate of drug-likeness (QED) is 0.543. The van der Waals surface area contributed by atoms with Crippen molar-refractivity contribution in [3.05, 3.63) is 65.7 Å². The molecule has 1 aliphatic rings. The minimum atomic E-state index is -4.43. The van der Waals surface area contributed by atoms with Crippen LogP contribution in [0.4, 0.5) is 13.2 Å². The molecule has 1 atom stereocenters. The summed E-state index contributed by atoms with van der Waals surface area (Å²) in [5, 5.41) is 2.84. The zero-order chi connectivity index (χ0) is 20.9. The topological polar surface area (TPSA) is 49.4 Å². The maximum Gasteiger partial charge on any atom is 0.416 e. The van der Waals surface area contributed by atoms with Crippen LogP contribution in [-0.2, 0) is 22.3 Å². The van der Waals surface area contributed by atoms with E-state index in [1.807, 2.05) is 30.3 Å². The van der Waals surface area contributed by atoms with Gasteiger partial charge in [-0.05, 0) is 29.8 Å². The van der Waals surface area contributed by atoms with Crippen LogP contribution in [-0.4, -0.2) is 35.6 Å². The fourth-order valence-electron chi connectivity index (χ4n) is 3.17. The Morgan fingerprint density at radius 3 is 2.62 bits per heavy atom. The molecule has 3 rings (SSSR count). The van der Waals surface area contributed by atoms with Crippen LogP contribution in [0, 0.1) is 5.92 Å². The number of nitrogens with zero attached hydrogens (tertiary/aromatic N) is 1. The summed E-state index contributed by atoms with van der Waals surface area (Å²) in [6, 6.07) is 14.7. The number of carbonyl (C=O) groups is 2. The van der Waals surface area contributed by atoms with E-state index >= 15 is 0 Å². The standard InChI is InChI=1S/C21H21F3N2O2S/c22-21(23,24)17-6-4-5-15(11-17)13-26-14-16(12-19(26)27)20(28)25-9-10-29-18-7-2-1-3-8-18/h1-8,11,16H,9-10,12-14H2,(H,25,28). The molecule has 2 aromatic rings. The third-order valence-electron chi connectivity index (χ3n) is 4.63. The second-order valence-electron chi connectivity index (χ2n) is 6.83. The molecule has 154 valence electrons. The van der Waals surface area contributed by atoms with Crippen LogP contribution in [0.1, 0.15) is 17.5 Å². The van der Waals surface area contributed by atoms with Crippen LogP contribution in [0.5, 0.6) is 0 Å². The summed E-state index contributed by atoms with van der Waals surface area (Å²) < 4.78 is 38.5.